The van der Waals surface area contributed by atoms with Crippen molar-refractivity contribution >= 4 is 15.9 Å². The largest absolute Gasteiger partial charge is 0.481 e. The molecule has 2 aromatic carbocycles. The van der Waals surface area contributed by atoms with Crippen LogP contribution in [0.1, 0.15) is 31.0 Å². The van der Waals surface area contributed by atoms with E-state index in [1.807, 2.05) is 25.1 Å². The number of hydrogen-bond acceptors (Lipinski definition) is 4. The molecule has 0 saturated heterocycles. The summed E-state index contributed by atoms with van der Waals surface area (Å²) in [6, 6.07) is 13.2. The van der Waals surface area contributed by atoms with E-state index in [1.165, 1.54) is 12.1 Å². The number of amides is 1. The van der Waals surface area contributed by atoms with Crippen LogP contribution in [0.5, 0.6) is 5.75 Å². The second-order valence-corrected chi connectivity index (χ2v) is 7.49. The third kappa shape index (κ3) is 5.30. The average Bonchev–Trinajstić information content (AvgIpc) is 2.54. The van der Waals surface area contributed by atoms with Gasteiger partial charge in [-0.15, -0.1) is 0 Å². The molecule has 7 heteroatoms. The summed E-state index contributed by atoms with van der Waals surface area (Å²) >= 11 is 0. The molecule has 0 heterocycles. The van der Waals surface area contributed by atoms with Crippen molar-refractivity contribution in [2.75, 3.05) is 0 Å². The summed E-state index contributed by atoms with van der Waals surface area (Å²) in [7, 11) is -3.79. The number of aryl methyl sites for hydroxylation is 1. The summed E-state index contributed by atoms with van der Waals surface area (Å²) in [4.78, 5) is 12.3. The van der Waals surface area contributed by atoms with E-state index in [0.29, 0.717) is 11.3 Å². The minimum atomic E-state index is -3.79. The SMILES string of the molecule is Cc1cccc(OC(C)C(=O)NC(C)c2cccc(S(N)(=O)=O)c2)c1. The topological polar surface area (TPSA) is 98.5 Å². The molecule has 134 valence electrons. The lowest BCUT2D eigenvalue weighted by Crippen LogP contribution is -2.37. The van der Waals surface area contributed by atoms with Crippen LogP contribution in [0.3, 0.4) is 0 Å². The molecule has 2 aromatic rings. The molecular formula is C18H22N2O4S. The fourth-order valence-corrected chi connectivity index (χ4v) is 2.89. The number of primary sulfonamides is 1. The number of nitrogens with one attached hydrogen (secondary N) is 1. The molecule has 0 fully saturated rings. The highest BCUT2D eigenvalue weighted by molar-refractivity contribution is 7.89. The van der Waals surface area contributed by atoms with Gasteiger partial charge in [-0.1, -0.05) is 24.3 Å². The lowest BCUT2D eigenvalue weighted by Gasteiger charge is -2.19. The summed E-state index contributed by atoms with van der Waals surface area (Å²) in [5.74, 6) is 0.321. The van der Waals surface area contributed by atoms with Crippen LogP contribution in [0, 0.1) is 6.92 Å². The lowest BCUT2D eigenvalue weighted by molar-refractivity contribution is -0.127. The molecule has 25 heavy (non-hydrogen) atoms. The van der Waals surface area contributed by atoms with Gasteiger partial charge in [0.25, 0.3) is 5.91 Å². The zero-order chi connectivity index (χ0) is 18.6. The molecule has 2 rings (SSSR count). The summed E-state index contributed by atoms with van der Waals surface area (Å²) < 4.78 is 28.5. The lowest BCUT2D eigenvalue weighted by atomic mass is 10.1. The molecule has 0 spiro atoms. The zero-order valence-electron chi connectivity index (χ0n) is 14.4. The molecule has 0 saturated carbocycles. The van der Waals surface area contributed by atoms with Gasteiger partial charge in [-0.25, -0.2) is 13.6 Å². The van der Waals surface area contributed by atoms with Crippen LogP contribution in [-0.4, -0.2) is 20.4 Å². The number of rotatable bonds is 6. The van der Waals surface area contributed by atoms with E-state index < -0.39 is 22.2 Å². The van der Waals surface area contributed by atoms with Crippen molar-refractivity contribution in [2.45, 2.75) is 37.8 Å². The van der Waals surface area contributed by atoms with Gasteiger partial charge in [-0.3, -0.25) is 4.79 Å². The first-order valence-electron chi connectivity index (χ1n) is 7.83. The number of nitrogens with two attached hydrogens (primary N) is 1. The van der Waals surface area contributed by atoms with E-state index >= 15 is 0 Å². The molecule has 3 N–H and O–H groups in total. The molecule has 0 radical (unpaired) electrons. The first-order chi connectivity index (χ1) is 11.7. The predicted octanol–water partition coefficient (Wildman–Crippen LogP) is 2.29. The molecule has 6 nitrogen and oxygen atoms in total. The Morgan fingerprint density at radius 1 is 1.12 bits per heavy atom. The van der Waals surface area contributed by atoms with E-state index in [1.54, 1.807) is 32.0 Å². The number of ether oxygens (including phenoxy) is 1. The first-order valence-corrected chi connectivity index (χ1v) is 9.38. The fourth-order valence-electron chi connectivity index (χ4n) is 2.32. The van der Waals surface area contributed by atoms with Crippen LogP contribution in [0.25, 0.3) is 0 Å². The Balaban J connectivity index is 2.04. The van der Waals surface area contributed by atoms with Crippen molar-refractivity contribution in [1.29, 1.82) is 0 Å². The predicted molar refractivity (Wildman–Crippen MR) is 95.6 cm³/mol. The first kappa shape index (κ1) is 19.0. The fraction of sp³-hybridized carbons (Fsp3) is 0.278. The molecule has 0 bridgehead atoms. The molecule has 0 aliphatic carbocycles. The molecule has 2 unspecified atom stereocenters. The highest BCUT2D eigenvalue weighted by Gasteiger charge is 2.19. The Morgan fingerprint density at radius 3 is 2.44 bits per heavy atom. The summed E-state index contributed by atoms with van der Waals surface area (Å²) in [5, 5.41) is 7.95. The molecular weight excluding hydrogens is 340 g/mol. The summed E-state index contributed by atoms with van der Waals surface area (Å²) in [6.45, 7) is 5.36. The van der Waals surface area contributed by atoms with Crippen LogP contribution >= 0.6 is 0 Å². The van der Waals surface area contributed by atoms with Gasteiger partial charge in [-0.2, -0.15) is 0 Å². The molecule has 1 amide bonds. The minimum Gasteiger partial charge on any atom is -0.481 e. The van der Waals surface area contributed by atoms with E-state index in [4.69, 9.17) is 9.88 Å². The van der Waals surface area contributed by atoms with Crippen molar-refractivity contribution in [3.05, 3.63) is 59.7 Å². The third-order valence-electron chi connectivity index (χ3n) is 3.72. The highest BCUT2D eigenvalue weighted by atomic mass is 32.2. The van der Waals surface area contributed by atoms with Gasteiger partial charge in [0.05, 0.1) is 10.9 Å². The second-order valence-electron chi connectivity index (χ2n) is 5.92. The third-order valence-corrected chi connectivity index (χ3v) is 4.63. The quantitative estimate of drug-likeness (QED) is 0.823. The molecule has 0 aliphatic rings. The molecule has 0 aliphatic heterocycles. The standard InChI is InChI=1S/C18H22N2O4S/c1-12-6-4-8-16(10-12)24-14(3)18(21)20-13(2)15-7-5-9-17(11-15)25(19,22)23/h4-11,13-14H,1-3H3,(H,20,21)(H2,19,22,23). The number of hydrogen-bond donors (Lipinski definition) is 2. The van der Waals surface area contributed by atoms with Gasteiger partial charge >= 0.3 is 0 Å². The minimum absolute atomic E-state index is 0.00941. The average molecular weight is 362 g/mol. The summed E-state index contributed by atoms with van der Waals surface area (Å²) in [6.07, 6.45) is -0.689. The van der Waals surface area contributed by atoms with Gasteiger partial charge < -0.3 is 10.1 Å². The Labute approximate surface area is 148 Å². The van der Waals surface area contributed by atoms with Gasteiger partial charge in [0.2, 0.25) is 10.0 Å². The van der Waals surface area contributed by atoms with E-state index in [9.17, 15) is 13.2 Å². The maximum atomic E-state index is 12.3. The Morgan fingerprint density at radius 2 is 1.80 bits per heavy atom. The van der Waals surface area contributed by atoms with Crippen molar-refractivity contribution in [3.8, 4) is 5.75 Å². The maximum Gasteiger partial charge on any atom is 0.261 e. The van der Waals surface area contributed by atoms with Gasteiger partial charge in [0.1, 0.15) is 5.75 Å². The van der Waals surface area contributed by atoms with E-state index in [2.05, 4.69) is 5.32 Å². The number of carbonyl (C=O) groups excluding carboxylic acids is 1. The Kier molecular flexibility index (Phi) is 5.81. The van der Waals surface area contributed by atoms with Crippen molar-refractivity contribution < 1.29 is 17.9 Å². The van der Waals surface area contributed by atoms with Gasteiger partial charge in [-0.05, 0) is 56.2 Å². The molecule has 0 aromatic heterocycles. The second kappa shape index (κ2) is 7.67. The molecule has 2 atom stereocenters. The monoisotopic (exact) mass is 362 g/mol. The van der Waals surface area contributed by atoms with Crippen molar-refractivity contribution in [1.82, 2.24) is 5.32 Å². The van der Waals surface area contributed by atoms with Crippen LogP contribution in [-0.2, 0) is 14.8 Å². The van der Waals surface area contributed by atoms with E-state index in [0.717, 1.165) is 5.56 Å². The van der Waals surface area contributed by atoms with Crippen molar-refractivity contribution in [3.63, 3.8) is 0 Å². The van der Waals surface area contributed by atoms with Crippen molar-refractivity contribution in [2.24, 2.45) is 5.14 Å². The Bertz CT molecular complexity index is 865. The zero-order valence-corrected chi connectivity index (χ0v) is 15.2. The summed E-state index contributed by atoms with van der Waals surface area (Å²) in [5.41, 5.74) is 1.68. The van der Waals surface area contributed by atoms with Crippen LogP contribution in [0.2, 0.25) is 0 Å². The smallest absolute Gasteiger partial charge is 0.261 e. The normalized spacial score (nSPS) is 13.8. The van der Waals surface area contributed by atoms with Crippen LogP contribution in [0.4, 0.5) is 0 Å². The maximum absolute atomic E-state index is 12.3. The number of sulfonamides is 1. The van der Waals surface area contributed by atoms with Crippen LogP contribution < -0.4 is 15.2 Å². The van der Waals surface area contributed by atoms with Gasteiger partial charge in [0.15, 0.2) is 6.10 Å². The van der Waals surface area contributed by atoms with E-state index in [-0.39, 0.29) is 10.8 Å². The number of carbonyl (C=O) groups is 1. The Hall–Kier alpha value is -2.38. The number of benzene rings is 2. The van der Waals surface area contributed by atoms with Crippen LogP contribution in [0.15, 0.2) is 53.4 Å². The highest BCUT2D eigenvalue weighted by Crippen LogP contribution is 2.18. The van der Waals surface area contributed by atoms with Gasteiger partial charge in [0, 0.05) is 0 Å².